The van der Waals surface area contributed by atoms with E-state index in [0.29, 0.717) is 33.5 Å². The number of pyridine rings is 1. The summed E-state index contributed by atoms with van der Waals surface area (Å²) in [4.78, 5) is 32.1. The Balaban J connectivity index is 1.28. The molecule has 37 heavy (non-hydrogen) atoms. The van der Waals surface area contributed by atoms with E-state index in [0.717, 1.165) is 32.0 Å². The number of likely N-dealkylation sites (tertiary alicyclic amines) is 1. The number of piperidine rings is 1. The Kier molecular flexibility index (Phi) is 5.07. The highest BCUT2D eigenvalue weighted by Crippen LogP contribution is 2.34. The summed E-state index contributed by atoms with van der Waals surface area (Å²) in [7, 11) is 0. The van der Waals surface area contributed by atoms with Crippen LogP contribution in [0.5, 0.6) is 0 Å². The molecule has 1 saturated carbocycles. The van der Waals surface area contributed by atoms with Crippen molar-refractivity contribution >= 4 is 28.0 Å². The Morgan fingerprint density at radius 2 is 1.84 bits per heavy atom. The van der Waals surface area contributed by atoms with Crippen molar-refractivity contribution in [3.05, 3.63) is 64.5 Å². The molecule has 1 saturated heterocycles. The number of hydrogen-bond acceptors (Lipinski definition) is 7. The summed E-state index contributed by atoms with van der Waals surface area (Å²) in [5.74, 6) is 0.198. The van der Waals surface area contributed by atoms with Gasteiger partial charge in [0.1, 0.15) is 17.0 Å². The first-order valence-electron chi connectivity index (χ1n) is 12.6. The number of imidazole rings is 1. The standard InChI is InChI=1S/C26H26FN9O/c27-19-6-2-1-4-15(19)14-35-25-18(5-3-11-29-25)20(33-35)23-30-22(28)21-24(31-23)32-26(37)36(21)17-9-12-34(13-10-17)16-7-8-16/h1-6,11,16-17H,7-10,12-14H2,(H3,28,30,31,32,37). The van der Waals surface area contributed by atoms with Gasteiger partial charge in [0, 0.05) is 36.9 Å². The van der Waals surface area contributed by atoms with Crippen LogP contribution in [0.4, 0.5) is 10.2 Å². The summed E-state index contributed by atoms with van der Waals surface area (Å²) in [6, 6.07) is 11.0. The van der Waals surface area contributed by atoms with Crippen molar-refractivity contribution in [2.75, 3.05) is 18.8 Å². The van der Waals surface area contributed by atoms with Crippen molar-refractivity contribution in [2.24, 2.45) is 0 Å². The van der Waals surface area contributed by atoms with Gasteiger partial charge < -0.3 is 10.6 Å². The van der Waals surface area contributed by atoms with E-state index in [2.05, 4.69) is 24.8 Å². The first-order chi connectivity index (χ1) is 18.1. The van der Waals surface area contributed by atoms with Gasteiger partial charge in [-0.2, -0.15) is 5.10 Å². The molecule has 1 aromatic carbocycles. The molecule has 0 amide bonds. The molecule has 0 bridgehead atoms. The molecule has 0 unspecified atom stereocenters. The summed E-state index contributed by atoms with van der Waals surface area (Å²) >= 11 is 0. The number of nitrogens with one attached hydrogen (secondary N) is 1. The quantitative estimate of drug-likeness (QED) is 0.381. The number of H-pyrrole nitrogens is 1. The Morgan fingerprint density at radius 1 is 1.03 bits per heavy atom. The van der Waals surface area contributed by atoms with Crippen molar-refractivity contribution in [3.8, 4) is 11.5 Å². The van der Waals surface area contributed by atoms with Gasteiger partial charge in [-0.05, 0) is 43.9 Å². The highest BCUT2D eigenvalue weighted by atomic mass is 19.1. The zero-order valence-corrected chi connectivity index (χ0v) is 20.1. The summed E-state index contributed by atoms with van der Waals surface area (Å²) in [5.41, 5.74) is 8.69. The first kappa shape index (κ1) is 22.1. The fourth-order valence-corrected chi connectivity index (χ4v) is 5.54. The lowest BCUT2D eigenvalue weighted by Gasteiger charge is -2.32. The lowest BCUT2D eigenvalue weighted by Crippen LogP contribution is -2.38. The largest absolute Gasteiger partial charge is 0.382 e. The lowest BCUT2D eigenvalue weighted by molar-refractivity contribution is 0.179. The van der Waals surface area contributed by atoms with Crippen LogP contribution >= 0.6 is 0 Å². The zero-order chi connectivity index (χ0) is 25.1. The van der Waals surface area contributed by atoms with Gasteiger partial charge in [0.2, 0.25) is 0 Å². The maximum absolute atomic E-state index is 14.3. The second-order valence-corrected chi connectivity index (χ2v) is 9.90. The van der Waals surface area contributed by atoms with Crippen LogP contribution in [-0.4, -0.2) is 58.3 Å². The van der Waals surface area contributed by atoms with Crippen LogP contribution in [0.1, 0.15) is 37.3 Å². The molecule has 7 rings (SSSR count). The average molecular weight is 500 g/mol. The normalized spacial score (nSPS) is 17.2. The Labute approximate surface area is 211 Å². The predicted molar refractivity (Wildman–Crippen MR) is 137 cm³/mol. The monoisotopic (exact) mass is 499 g/mol. The summed E-state index contributed by atoms with van der Waals surface area (Å²) in [5, 5.41) is 5.41. The maximum Gasteiger partial charge on any atom is 0.328 e. The first-order valence-corrected chi connectivity index (χ1v) is 12.6. The van der Waals surface area contributed by atoms with Crippen LogP contribution in [0.15, 0.2) is 47.4 Å². The number of aromatic nitrogens is 7. The molecule has 3 N–H and O–H groups in total. The van der Waals surface area contributed by atoms with Crippen LogP contribution in [-0.2, 0) is 6.54 Å². The summed E-state index contributed by atoms with van der Waals surface area (Å²) in [6.07, 6.45) is 6.00. The Hall–Kier alpha value is -4.12. The van der Waals surface area contributed by atoms with E-state index in [9.17, 15) is 9.18 Å². The Bertz CT molecular complexity index is 1690. The van der Waals surface area contributed by atoms with Gasteiger partial charge >= 0.3 is 5.69 Å². The Morgan fingerprint density at radius 3 is 2.62 bits per heavy atom. The molecule has 5 heterocycles. The van der Waals surface area contributed by atoms with Crippen molar-refractivity contribution < 1.29 is 4.39 Å². The fraction of sp³-hybridized carbons (Fsp3) is 0.346. The minimum atomic E-state index is -0.313. The van der Waals surface area contributed by atoms with Crippen molar-refractivity contribution in [1.82, 2.24) is 39.2 Å². The molecule has 188 valence electrons. The molecular weight excluding hydrogens is 473 g/mol. The number of fused-ring (bicyclic) bond motifs is 2. The van der Waals surface area contributed by atoms with E-state index in [1.165, 1.54) is 18.9 Å². The number of nitrogen functional groups attached to an aromatic ring is 1. The molecule has 2 aliphatic rings. The molecular formula is C26H26FN9O. The van der Waals surface area contributed by atoms with Crippen LogP contribution in [0.25, 0.3) is 33.7 Å². The van der Waals surface area contributed by atoms with Crippen molar-refractivity contribution in [2.45, 2.75) is 44.3 Å². The highest BCUT2D eigenvalue weighted by Gasteiger charge is 2.33. The maximum atomic E-state index is 14.3. The smallest absolute Gasteiger partial charge is 0.328 e. The second-order valence-electron chi connectivity index (χ2n) is 9.90. The van der Waals surface area contributed by atoms with Crippen LogP contribution < -0.4 is 11.4 Å². The van der Waals surface area contributed by atoms with Crippen molar-refractivity contribution in [1.29, 1.82) is 0 Å². The molecule has 1 aliphatic carbocycles. The number of anilines is 1. The lowest BCUT2D eigenvalue weighted by atomic mass is 10.0. The minimum absolute atomic E-state index is 0.0537. The zero-order valence-electron chi connectivity index (χ0n) is 20.1. The number of hydrogen-bond donors (Lipinski definition) is 2. The molecule has 0 spiro atoms. The topological polar surface area (TPSA) is 124 Å². The van der Waals surface area contributed by atoms with Crippen LogP contribution in [0, 0.1) is 5.82 Å². The number of benzene rings is 1. The molecule has 5 aromatic rings. The number of nitrogens with two attached hydrogens (primary N) is 1. The van der Waals surface area contributed by atoms with E-state index in [-0.39, 0.29) is 35.7 Å². The SMILES string of the molecule is Nc1nc(-c2nn(Cc3ccccc3F)c3ncccc23)nc2[nH]c(=O)n(C3CCN(C4CC4)CC3)c12. The third-order valence-electron chi connectivity index (χ3n) is 7.52. The number of aromatic amines is 1. The van der Waals surface area contributed by atoms with E-state index in [4.69, 9.17) is 10.8 Å². The van der Waals surface area contributed by atoms with E-state index < -0.39 is 0 Å². The average Bonchev–Trinajstić information content (AvgIpc) is 3.61. The van der Waals surface area contributed by atoms with E-state index in [1.54, 1.807) is 39.7 Å². The van der Waals surface area contributed by atoms with E-state index >= 15 is 0 Å². The van der Waals surface area contributed by atoms with Gasteiger partial charge in [0.15, 0.2) is 22.9 Å². The van der Waals surface area contributed by atoms with Crippen molar-refractivity contribution in [3.63, 3.8) is 0 Å². The van der Waals surface area contributed by atoms with E-state index in [1.807, 2.05) is 6.07 Å². The van der Waals surface area contributed by atoms with Crippen LogP contribution in [0.2, 0.25) is 0 Å². The highest BCUT2D eigenvalue weighted by molar-refractivity contribution is 5.91. The third kappa shape index (κ3) is 3.77. The molecule has 2 fully saturated rings. The van der Waals surface area contributed by atoms with Gasteiger partial charge in [-0.3, -0.25) is 9.55 Å². The predicted octanol–water partition coefficient (Wildman–Crippen LogP) is 3.10. The van der Waals surface area contributed by atoms with Gasteiger partial charge in [-0.25, -0.2) is 28.8 Å². The van der Waals surface area contributed by atoms with Gasteiger partial charge in [-0.15, -0.1) is 0 Å². The molecule has 10 nitrogen and oxygen atoms in total. The third-order valence-corrected chi connectivity index (χ3v) is 7.52. The molecule has 4 aromatic heterocycles. The number of nitrogens with zero attached hydrogens (tertiary/aromatic N) is 7. The second kappa shape index (κ2) is 8.48. The minimum Gasteiger partial charge on any atom is -0.382 e. The number of rotatable bonds is 5. The molecule has 11 heteroatoms. The van der Waals surface area contributed by atoms with Gasteiger partial charge in [0.25, 0.3) is 0 Å². The number of halogens is 1. The summed E-state index contributed by atoms with van der Waals surface area (Å²) in [6.45, 7) is 2.15. The summed E-state index contributed by atoms with van der Waals surface area (Å²) < 4.78 is 17.7. The fourth-order valence-electron chi connectivity index (χ4n) is 5.54. The van der Waals surface area contributed by atoms with Crippen LogP contribution in [0.3, 0.4) is 0 Å². The van der Waals surface area contributed by atoms with Gasteiger partial charge in [-0.1, -0.05) is 18.2 Å². The van der Waals surface area contributed by atoms with Gasteiger partial charge in [0.05, 0.1) is 11.9 Å². The molecule has 0 radical (unpaired) electrons. The molecule has 0 atom stereocenters. The molecule has 1 aliphatic heterocycles.